The number of carbonyl (C=O) groups is 2. The van der Waals surface area contributed by atoms with Crippen molar-refractivity contribution >= 4 is 17.6 Å². The van der Waals surface area contributed by atoms with Gasteiger partial charge in [0.1, 0.15) is 5.82 Å². The molecule has 2 aromatic heterocycles. The SMILES string of the molecule is CN(C)c1ncccc1CNC(=O)C1CC(=O)N(Cc2ccccn2)C1. The largest absolute Gasteiger partial charge is 0.362 e. The lowest BCUT2D eigenvalue weighted by Crippen LogP contribution is -2.33. The van der Waals surface area contributed by atoms with Crippen LogP contribution in [0.5, 0.6) is 0 Å². The topological polar surface area (TPSA) is 78.4 Å². The van der Waals surface area contributed by atoms with Gasteiger partial charge in [-0.25, -0.2) is 4.98 Å². The van der Waals surface area contributed by atoms with E-state index in [9.17, 15) is 9.59 Å². The van der Waals surface area contributed by atoms with Gasteiger partial charge in [0, 0.05) is 51.6 Å². The molecule has 0 spiro atoms. The van der Waals surface area contributed by atoms with Crippen molar-refractivity contribution in [3.8, 4) is 0 Å². The van der Waals surface area contributed by atoms with Crippen molar-refractivity contribution in [1.29, 1.82) is 0 Å². The second kappa shape index (κ2) is 7.95. The van der Waals surface area contributed by atoms with E-state index in [2.05, 4.69) is 15.3 Å². The Bertz CT molecular complexity index is 779. The third-order valence-corrected chi connectivity index (χ3v) is 4.41. The summed E-state index contributed by atoms with van der Waals surface area (Å²) in [7, 11) is 3.83. The monoisotopic (exact) mass is 353 g/mol. The highest BCUT2D eigenvalue weighted by Gasteiger charge is 2.34. The standard InChI is InChI=1S/C19H23N5O2/c1-23(2)18-14(6-5-9-21-18)11-22-19(26)15-10-17(25)24(12-15)13-16-7-3-4-8-20-16/h3-9,15H,10-13H2,1-2H3,(H,22,26). The molecule has 26 heavy (non-hydrogen) atoms. The highest BCUT2D eigenvalue weighted by atomic mass is 16.2. The number of pyridine rings is 2. The number of amides is 2. The third kappa shape index (κ3) is 4.17. The van der Waals surface area contributed by atoms with E-state index < -0.39 is 0 Å². The van der Waals surface area contributed by atoms with E-state index in [0.29, 0.717) is 19.6 Å². The fourth-order valence-electron chi connectivity index (χ4n) is 3.09. The number of aromatic nitrogens is 2. The molecule has 1 fully saturated rings. The Hall–Kier alpha value is -2.96. The molecule has 3 rings (SSSR count). The van der Waals surface area contributed by atoms with E-state index in [1.807, 2.05) is 49.3 Å². The molecule has 3 heterocycles. The summed E-state index contributed by atoms with van der Waals surface area (Å²) in [5.41, 5.74) is 1.77. The fourth-order valence-corrected chi connectivity index (χ4v) is 3.09. The van der Waals surface area contributed by atoms with Gasteiger partial charge >= 0.3 is 0 Å². The molecule has 1 saturated heterocycles. The van der Waals surface area contributed by atoms with Crippen LogP contribution in [0, 0.1) is 5.92 Å². The number of carbonyl (C=O) groups excluding carboxylic acids is 2. The van der Waals surface area contributed by atoms with Crippen LogP contribution in [0.1, 0.15) is 17.7 Å². The van der Waals surface area contributed by atoms with Gasteiger partial charge in [-0.15, -0.1) is 0 Å². The minimum atomic E-state index is -0.328. The summed E-state index contributed by atoms with van der Waals surface area (Å²) in [4.78, 5) is 36.9. The molecule has 0 radical (unpaired) electrons. The molecule has 0 aliphatic carbocycles. The Balaban J connectivity index is 1.57. The Morgan fingerprint density at radius 1 is 1.23 bits per heavy atom. The van der Waals surface area contributed by atoms with Gasteiger partial charge in [-0.05, 0) is 18.2 Å². The zero-order valence-electron chi connectivity index (χ0n) is 15.1. The van der Waals surface area contributed by atoms with Crippen molar-refractivity contribution < 1.29 is 9.59 Å². The van der Waals surface area contributed by atoms with Crippen molar-refractivity contribution in [1.82, 2.24) is 20.2 Å². The molecule has 1 N–H and O–H groups in total. The van der Waals surface area contributed by atoms with Gasteiger partial charge in [-0.3, -0.25) is 14.6 Å². The molecular formula is C19H23N5O2. The van der Waals surface area contributed by atoms with Crippen molar-refractivity contribution in [2.45, 2.75) is 19.5 Å². The van der Waals surface area contributed by atoms with Gasteiger partial charge in [-0.2, -0.15) is 0 Å². The molecule has 136 valence electrons. The quantitative estimate of drug-likeness (QED) is 0.844. The van der Waals surface area contributed by atoms with Gasteiger partial charge in [0.05, 0.1) is 18.2 Å². The second-order valence-electron chi connectivity index (χ2n) is 6.59. The van der Waals surface area contributed by atoms with Crippen LogP contribution in [0.4, 0.5) is 5.82 Å². The van der Waals surface area contributed by atoms with Crippen LogP contribution in [0.25, 0.3) is 0 Å². The zero-order valence-corrected chi connectivity index (χ0v) is 15.1. The average Bonchev–Trinajstić information content (AvgIpc) is 3.01. The fraction of sp³-hybridized carbons (Fsp3) is 0.368. The number of hydrogen-bond donors (Lipinski definition) is 1. The molecule has 0 aromatic carbocycles. The molecule has 7 nitrogen and oxygen atoms in total. The Morgan fingerprint density at radius 3 is 2.77 bits per heavy atom. The third-order valence-electron chi connectivity index (χ3n) is 4.41. The van der Waals surface area contributed by atoms with Crippen LogP contribution < -0.4 is 10.2 Å². The van der Waals surface area contributed by atoms with Crippen LogP contribution in [-0.4, -0.2) is 47.3 Å². The van der Waals surface area contributed by atoms with Gasteiger partial charge in [0.2, 0.25) is 11.8 Å². The number of nitrogens with zero attached hydrogens (tertiary/aromatic N) is 4. The van der Waals surface area contributed by atoms with Crippen molar-refractivity contribution in [2.24, 2.45) is 5.92 Å². The molecule has 2 aromatic rings. The lowest BCUT2D eigenvalue weighted by Gasteiger charge is -2.18. The first-order chi connectivity index (χ1) is 12.5. The van der Waals surface area contributed by atoms with Crippen molar-refractivity contribution in [3.63, 3.8) is 0 Å². The van der Waals surface area contributed by atoms with E-state index in [1.165, 1.54) is 0 Å². The minimum Gasteiger partial charge on any atom is -0.362 e. The maximum atomic E-state index is 12.5. The number of rotatable bonds is 6. The molecule has 2 amide bonds. The maximum Gasteiger partial charge on any atom is 0.225 e. The normalized spacial score (nSPS) is 16.6. The predicted octanol–water partition coefficient (Wildman–Crippen LogP) is 1.21. The molecule has 0 saturated carbocycles. The van der Waals surface area contributed by atoms with Crippen LogP contribution in [0.3, 0.4) is 0 Å². The van der Waals surface area contributed by atoms with Crippen LogP contribution in [0.2, 0.25) is 0 Å². The molecule has 1 aliphatic heterocycles. The van der Waals surface area contributed by atoms with E-state index in [-0.39, 0.29) is 24.2 Å². The van der Waals surface area contributed by atoms with Crippen molar-refractivity contribution in [2.75, 3.05) is 25.5 Å². The number of nitrogens with one attached hydrogen (secondary N) is 1. The van der Waals surface area contributed by atoms with Crippen LogP contribution in [-0.2, 0) is 22.7 Å². The number of likely N-dealkylation sites (tertiary alicyclic amines) is 1. The molecule has 0 bridgehead atoms. The first-order valence-corrected chi connectivity index (χ1v) is 8.61. The average molecular weight is 353 g/mol. The summed E-state index contributed by atoms with van der Waals surface area (Å²) >= 11 is 0. The van der Waals surface area contributed by atoms with Crippen LogP contribution >= 0.6 is 0 Å². The predicted molar refractivity (Wildman–Crippen MR) is 98.2 cm³/mol. The summed E-state index contributed by atoms with van der Waals surface area (Å²) in [5.74, 6) is 0.388. The van der Waals surface area contributed by atoms with Gasteiger partial charge in [0.25, 0.3) is 0 Å². The lowest BCUT2D eigenvalue weighted by atomic mass is 10.1. The first kappa shape index (κ1) is 17.8. The smallest absolute Gasteiger partial charge is 0.225 e. The first-order valence-electron chi connectivity index (χ1n) is 8.61. The molecule has 1 atom stereocenters. The summed E-state index contributed by atoms with van der Waals surface area (Å²) in [6.45, 7) is 1.26. The van der Waals surface area contributed by atoms with E-state index in [4.69, 9.17) is 0 Å². The molecule has 1 aliphatic rings. The van der Waals surface area contributed by atoms with E-state index >= 15 is 0 Å². The Labute approximate surface area is 153 Å². The lowest BCUT2D eigenvalue weighted by molar-refractivity contribution is -0.129. The summed E-state index contributed by atoms with van der Waals surface area (Å²) in [6.07, 6.45) is 3.67. The Morgan fingerprint density at radius 2 is 2.04 bits per heavy atom. The second-order valence-corrected chi connectivity index (χ2v) is 6.59. The van der Waals surface area contributed by atoms with Gasteiger partial charge < -0.3 is 15.1 Å². The highest BCUT2D eigenvalue weighted by molar-refractivity contribution is 5.89. The minimum absolute atomic E-state index is 0.00818. The summed E-state index contributed by atoms with van der Waals surface area (Å²) in [6, 6.07) is 9.40. The van der Waals surface area contributed by atoms with Gasteiger partial charge in [-0.1, -0.05) is 12.1 Å². The Kier molecular flexibility index (Phi) is 5.46. The van der Waals surface area contributed by atoms with E-state index in [0.717, 1.165) is 17.1 Å². The number of hydrogen-bond acceptors (Lipinski definition) is 5. The van der Waals surface area contributed by atoms with Crippen LogP contribution in [0.15, 0.2) is 42.7 Å². The molecular weight excluding hydrogens is 330 g/mol. The summed E-state index contributed by atoms with van der Waals surface area (Å²) in [5, 5.41) is 2.94. The van der Waals surface area contributed by atoms with Gasteiger partial charge in [0.15, 0.2) is 0 Å². The summed E-state index contributed by atoms with van der Waals surface area (Å²) < 4.78 is 0. The van der Waals surface area contributed by atoms with E-state index in [1.54, 1.807) is 17.3 Å². The molecule has 7 heteroatoms. The van der Waals surface area contributed by atoms with Crippen molar-refractivity contribution in [3.05, 3.63) is 54.0 Å². The highest BCUT2D eigenvalue weighted by Crippen LogP contribution is 2.20. The zero-order chi connectivity index (χ0) is 18.5. The number of anilines is 1. The molecule has 1 unspecified atom stereocenters. The maximum absolute atomic E-state index is 12.5.